The van der Waals surface area contributed by atoms with Gasteiger partial charge >= 0.3 is 0 Å². The van der Waals surface area contributed by atoms with E-state index < -0.39 is 0 Å². The molecule has 1 aromatic carbocycles. The van der Waals surface area contributed by atoms with Gasteiger partial charge in [0.1, 0.15) is 11.1 Å². The number of nitrogens with zero attached hydrogens (tertiary/aromatic N) is 1. The van der Waals surface area contributed by atoms with Crippen LogP contribution in [0.5, 0.6) is 5.75 Å². The fourth-order valence-electron chi connectivity index (χ4n) is 1.82. The maximum atomic E-state index is 11.7. The van der Waals surface area contributed by atoms with E-state index in [-0.39, 0.29) is 16.5 Å². The van der Waals surface area contributed by atoms with E-state index in [1.54, 1.807) is 23.8 Å². The van der Waals surface area contributed by atoms with Crippen molar-refractivity contribution >= 4 is 17.7 Å². The lowest BCUT2D eigenvalue weighted by Gasteiger charge is -2.19. The van der Waals surface area contributed by atoms with Gasteiger partial charge in [-0.3, -0.25) is 4.79 Å². The second-order valence-corrected chi connectivity index (χ2v) is 5.28. The zero-order chi connectivity index (χ0) is 11.7. The van der Waals surface area contributed by atoms with Gasteiger partial charge in [-0.25, -0.2) is 0 Å². The summed E-state index contributed by atoms with van der Waals surface area (Å²) in [5.41, 5.74) is 1.14. The van der Waals surface area contributed by atoms with E-state index in [0.717, 1.165) is 11.3 Å². The number of ether oxygens (including phenoxy) is 1. The second kappa shape index (κ2) is 4.37. The summed E-state index contributed by atoms with van der Waals surface area (Å²) in [6, 6.07) is 7.88. The SMILES string of the molecule is COc1ccc([C@H]2S[C@H](C)C(=O)N2C)cc1. The van der Waals surface area contributed by atoms with E-state index in [1.807, 2.05) is 38.2 Å². The van der Waals surface area contributed by atoms with Gasteiger partial charge in [-0.05, 0) is 24.6 Å². The lowest BCUT2D eigenvalue weighted by molar-refractivity contribution is -0.128. The summed E-state index contributed by atoms with van der Waals surface area (Å²) >= 11 is 1.68. The molecular weight excluding hydrogens is 222 g/mol. The Hall–Kier alpha value is -1.16. The Morgan fingerprint density at radius 3 is 2.38 bits per heavy atom. The lowest BCUT2D eigenvalue weighted by atomic mass is 10.2. The molecule has 1 amide bonds. The van der Waals surface area contributed by atoms with Crippen molar-refractivity contribution in [1.82, 2.24) is 4.90 Å². The average Bonchev–Trinajstić information content (AvgIpc) is 2.57. The zero-order valence-corrected chi connectivity index (χ0v) is 10.5. The molecule has 3 nitrogen and oxygen atoms in total. The minimum Gasteiger partial charge on any atom is -0.497 e. The normalized spacial score (nSPS) is 24.9. The van der Waals surface area contributed by atoms with Crippen LogP contribution in [0.1, 0.15) is 17.9 Å². The molecule has 4 heteroatoms. The summed E-state index contributed by atoms with van der Waals surface area (Å²) in [7, 11) is 3.50. The number of thioether (sulfide) groups is 1. The highest BCUT2D eigenvalue weighted by molar-refractivity contribution is 8.01. The largest absolute Gasteiger partial charge is 0.497 e. The molecule has 1 aromatic rings. The Morgan fingerprint density at radius 1 is 1.31 bits per heavy atom. The Balaban J connectivity index is 2.21. The minimum absolute atomic E-state index is 0.0529. The molecule has 0 bridgehead atoms. The fourth-order valence-corrected chi connectivity index (χ4v) is 3.09. The van der Waals surface area contributed by atoms with Crippen molar-refractivity contribution in [2.75, 3.05) is 14.2 Å². The Kier molecular flexibility index (Phi) is 3.10. The Morgan fingerprint density at radius 2 is 1.94 bits per heavy atom. The van der Waals surface area contributed by atoms with Crippen molar-refractivity contribution in [2.45, 2.75) is 17.5 Å². The predicted octanol–water partition coefficient (Wildman–Crippen LogP) is 2.29. The van der Waals surface area contributed by atoms with Gasteiger partial charge in [-0.2, -0.15) is 0 Å². The first-order valence-electron chi connectivity index (χ1n) is 5.19. The third-order valence-electron chi connectivity index (χ3n) is 2.78. The van der Waals surface area contributed by atoms with E-state index >= 15 is 0 Å². The van der Waals surface area contributed by atoms with Crippen LogP contribution in [0, 0.1) is 0 Å². The molecule has 2 atom stereocenters. The van der Waals surface area contributed by atoms with Crippen LogP contribution < -0.4 is 4.74 Å². The van der Waals surface area contributed by atoms with Crippen molar-refractivity contribution in [2.24, 2.45) is 0 Å². The first-order chi connectivity index (χ1) is 7.63. The summed E-state index contributed by atoms with van der Waals surface area (Å²) in [5.74, 6) is 1.04. The van der Waals surface area contributed by atoms with Crippen LogP contribution in [0.4, 0.5) is 0 Å². The highest BCUT2D eigenvalue weighted by Gasteiger charge is 2.35. The number of hydrogen-bond acceptors (Lipinski definition) is 3. The number of hydrogen-bond donors (Lipinski definition) is 0. The number of rotatable bonds is 2. The molecule has 0 aromatic heterocycles. The monoisotopic (exact) mass is 237 g/mol. The fraction of sp³-hybridized carbons (Fsp3) is 0.417. The first kappa shape index (κ1) is 11.3. The van der Waals surface area contributed by atoms with Crippen molar-refractivity contribution in [3.05, 3.63) is 29.8 Å². The van der Waals surface area contributed by atoms with Crippen LogP contribution in [0.2, 0.25) is 0 Å². The second-order valence-electron chi connectivity index (χ2n) is 3.85. The molecule has 0 radical (unpaired) electrons. The van der Waals surface area contributed by atoms with Gasteiger partial charge in [-0.15, -0.1) is 11.8 Å². The number of carbonyl (C=O) groups excluding carboxylic acids is 1. The summed E-state index contributed by atoms with van der Waals surface area (Å²) in [4.78, 5) is 13.5. The lowest BCUT2D eigenvalue weighted by Crippen LogP contribution is -2.25. The minimum atomic E-state index is 0.0529. The maximum absolute atomic E-state index is 11.7. The Bertz CT molecular complexity index is 391. The summed E-state index contributed by atoms with van der Waals surface area (Å²) < 4.78 is 5.11. The molecule has 1 saturated heterocycles. The molecule has 1 heterocycles. The van der Waals surface area contributed by atoms with E-state index in [1.165, 1.54) is 0 Å². The van der Waals surface area contributed by atoms with Crippen LogP contribution >= 0.6 is 11.8 Å². The van der Waals surface area contributed by atoms with Crippen molar-refractivity contribution in [1.29, 1.82) is 0 Å². The van der Waals surface area contributed by atoms with Gasteiger partial charge in [0.25, 0.3) is 0 Å². The van der Waals surface area contributed by atoms with Crippen LogP contribution in [0.25, 0.3) is 0 Å². The van der Waals surface area contributed by atoms with Crippen LogP contribution in [-0.4, -0.2) is 30.2 Å². The van der Waals surface area contributed by atoms with Crippen molar-refractivity contribution in [3.63, 3.8) is 0 Å². The molecule has 0 unspecified atom stereocenters. The molecule has 0 aliphatic carbocycles. The highest BCUT2D eigenvalue weighted by Crippen LogP contribution is 2.41. The van der Waals surface area contributed by atoms with Crippen LogP contribution in [0.15, 0.2) is 24.3 Å². The number of benzene rings is 1. The quantitative estimate of drug-likeness (QED) is 0.790. The molecule has 0 spiro atoms. The van der Waals surface area contributed by atoms with Crippen molar-refractivity contribution < 1.29 is 9.53 Å². The third-order valence-corrected chi connectivity index (χ3v) is 4.24. The molecule has 1 aliphatic heterocycles. The maximum Gasteiger partial charge on any atom is 0.236 e. The van der Waals surface area contributed by atoms with Gasteiger partial charge in [0.05, 0.1) is 12.4 Å². The molecule has 0 saturated carbocycles. The number of methoxy groups -OCH3 is 1. The molecule has 1 fully saturated rings. The van der Waals surface area contributed by atoms with Crippen molar-refractivity contribution in [3.8, 4) is 5.75 Å². The smallest absolute Gasteiger partial charge is 0.236 e. The highest BCUT2D eigenvalue weighted by atomic mass is 32.2. The molecule has 86 valence electrons. The van der Waals surface area contributed by atoms with E-state index in [9.17, 15) is 4.79 Å². The standard InChI is InChI=1S/C12H15NO2S/c1-8-11(14)13(2)12(16-8)9-4-6-10(15-3)7-5-9/h4-8,12H,1-3H3/t8-,12-/m1/s1. The molecule has 2 rings (SSSR count). The zero-order valence-electron chi connectivity index (χ0n) is 9.64. The molecule has 0 N–H and O–H groups in total. The van der Waals surface area contributed by atoms with Gasteiger partial charge in [0.2, 0.25) is 5.91 Å². The Labute approximate surface area is 99.8 Å². The molecule has 1 aliphatic rings. The summed E-state index contributed by atoms with van der Waals surface area (Å²) in [6.45, 7) is 1.95. The topological polar surface area (TPSA) is 29.5 Å². The molecular formula is C12H15NO2S. The number of carbonyl (C=O) groups is 1. The first-order valence-corrected chi connectivity index (χ1v) is 6.14. The van der Waals surface area contributed by atoms with Gasteiger partial charge in [0.15, 0.2) is 0 Å². The summed E-state index contributed by atoms with van der Waals surface area (Å²) in [6.07, 6.45) is 0. The van der Waals surface area contributed by atoms with Crippen LogP contribution in [-0.2, 0) is 4.79 Å². The van der Waals surface area contributed by atoms with Crippen LogP contribution in [0.3, 0.4) is 0 Å². The van der Waals surface area contributed by atoms with Gasteiger partial charge < -0.3 is 9.64 Å². The number of amides is 1. The van der Waals surface area contributed by atoms with E-state index in [2.05, 4.69) is 0 Å². The average molecular weight is 237 g/mol. The van der Waals surface area contributed by atoms with E-state index in [4.69, 9.17) is 4.74 Å². The predicted molar refractivity (Wildman–Crippen MR) is 65.6 cm³/mol. The molecule has 16 heavy (non-hydrogen) atoms. The summed E-state index contributed by atoms with van der Waals surface area (Å²) in [5, 5.41) is 0.186. The van der Waals surface area contributed by atoms with E-state index in [0.29, 0.717) is 0 Å². The van der Waals surface area contributed by atoms with Gasteiger partial charge in [0, 0.05) is 7.05 Å². The third kappa shape index (κ3) is 1.89. The van der Waals surface area contributed by atoms with Gasteiger partial charge in [-0.1, -0.05) is 12.1 Å².